The number of aliphatic hydroxyl groups is 1. The van der Waals surface area contributed by atoms with Gasteiger partial charge in [0.1, 0.15) is 6.07 Å². The molecule has 0 aliphatic heterocycles. The summed E-state index contributed by atoms with van der Waals surface area (Å²) in [7, 11) is 1.76. The van der Waals surface area contributed by atoms with E-state index in [2.05, 4.69) is 39.2 Å². The quantitative estimate of drug-likeness (QED) is 0.412. The molecule has 1 aromatic carbocycles. The highest BCUT2D eigenvalue weighted by molar-refractivity contribution is 7.99. The number of aliphatic hydroxyl groups excluding tert-OH is 1. The van der Waals surface area contributed by atoms with Gasteiger partial charge in [-0.15, -0.1) is 0 Å². The maximum Gasteiger partial charge on any atom is 0.103 e. The molecule has 34 heavy (non-hydrogen) atoms. The van der Waals surface area contributed by atoms with Crippen LogP contribution in [0.5, 0.6) is 0 Å². The minimum absolute atomic E-state index is 0.191. The van der Waals surface area contributed by atoms with Crippen LogP contribution in [0, 0.1) is 18.3 Å². The zero-order valence-electron chi connectivity index (χ0n) is 19.2. The highest BCUT2D eigenvalue weighted by atomic mass is 32.2. The van der Waals surface area contributed by atoms with Crippen LogP contribution in [0.3, 0.4) is 0 Å². The van der Waals surface area contributed by atoms with Gasteiger partial charge in [-0.3, -0.25) is 9.67 Å². The molecule has 8 heteroatoms. The Labute approximate surface area is 202 Å². The van der Waals surface area contributed by atoms with E-state index in [1.807, 2.05) is 37.5 Å². The Hall–Kier alpha value is -3.41. The minimum atomic E-state index is -0.191. The summed E-state index contributed by atoms with van der Waals surface area (Å²) in [6.45, 7) is 2.03. The number of rotatable bonds is 5. The summed E-state index contributed by atoms with van der Waals surface area (Å²) in [5.41, 5.74) is 5.37. The first-order valence-corrected chi connectivity index (χ1v) is 12.2. The fourth-order valence-electron chi connectivity index (χ4n) is 4.60. The smallest absolute Gasteiger partial charge is 0.103 e. The number of fused-ring (bicyclic) bond motifs is 1. The lowest BCUT2D eigenvalue weighted by Gasteiger charge is -2.25. The maximum absolute atomic E-state index is 9.87. The van der Waals surface area contributed by atoms with E-state index in [1.54, 1.807) is 29.5 Å². The van der Waals surface area contributed by atoms with Gasteiger partial charge in [-0.25, -0.2) is 4.52 Å². The van der Waals surface area contributed by atoms with E-state index in [0.29, 0.717) is 11.6 Å². The molecule has 1 saturated carbocycles. The Bertz CT molecular complexity index is 1400. The molecule has 1 aliphatic carbocycles. The molecule has 0 radical (unpaired) electrons. The second-order valence-electron chi connectivity index (χ2n) is 8.65. The van der Waals surface area contributed by atoms with Crippen molar-refractivity contribution in [3.8, 4) is 17.2 Å². The predicted molar refractivity (Wildman–Crippen MR) is 133 cm³/mol. The van der Waals surface area contributed by atoms with E-state index in [-0.39, 0.29) is 6.10 Å². The SMILES string of the molecule is C/N=C\c1ccccc1Sc1cc(-c2cn([C@H]3CC[C@@H](O)CC3)nc2C)cn2ncc(C#N)c12. The van der Waals surface area contributed by atoms with Gasteiger partial charge in [0.2, 0.25) is 0 Å². The lowest BCUT2D eigenvalue weighted by molar-refractivity contribution is 0.108. The molecule has 0 bridgehead atoms. The number of nitrogens with zero attached hydrogens (tertiary/aromatic N) is 6. The van der Waals surface area contributed by atoms with Gasteiger partial charge in [0.15, 0.2) is 0 Å². The Morgan fingerprint density at radius 1 is 1.18 bits per heavy atom. The lowest BCUT2D eigenvalue weighted by Crippen LogP contribution is -2.21. The topological polar surface area (TPSA) is 91.5 Å². The molecule has 0 saturated heterocycles. The second kappa shape index (κ2) is 9.45. The Morgan fingerprint density at radius 2 is 1.97 bits per heavy atom. The normalized spacial score (nSPS) is 18.5. The van der Waals surface area contributed by atoms with Gasteiger partial charge in [0, 0.05) is 52.1 Å². The molecule has 1 N–H and O–H groups in total. The van der Waals surface area contributed by atoms with Crippen LogP contribution in [0.15, 0.2) is 63.7 Å². The summed E-state index contributed by atoms with van der Waals surface area (Å²) in [6.07, 6.45) is 10.9. The predicted octanol–water partition coefficient (Wildman–Crippen LogP) is 5.05. The third-order valence-electron chi connectivity index (χ3n) is 6.37. The van der Waals surface area contributed by atoms with Gasteiger partial charge in [-0.2, -0.15) is 15.5 Å². The molecule has 7 nitrogen and oxygen atoms in total. The Balaban J connectivity index is 1.59. The Kier molecular flexibility index (Phi) is 6.22. The average Bonchev–Trinajstić information content (AvgIpc) is 3.44. The van der Waals surface area contributed by atoms with Crippen LogP contribution in [0.25, 0.3) is 16.6 Å². The maximum atomic E-state index is 9.87. The van der Waals surface area contributed by atoms with Gasteiger partial charge in [-0.1, -0.05) is 30.0 Å². The molecule has 5 rings (SSSR count). The van der Waals surface area contributed by atoms with E-state index in [1.165, 1.54) is 0 Å². The highest BCUT2D eigenvalue weighted by Gasteiger charge is 2.23. The molecule has 0 spiro atoms. The van der Waals surface area contributed by atoms with E-state index in [4.69, 9.17) is 5.10 Å². The third-order valence-corrected chi connectivity index (χ3v) is 7.50. The first-order valence-electron chi connectivity index (χ1n) is 11.4. The molecule has 0 unspecified atom stereocenters. The number of aromatic nitrogens is 4. The van der Waals surface area contributed by atoms with Crippen molar-refractivity contribution in [3.63, 3.8) is 0 Å². The van der Waals surface area contributed by atoms with Crippen LogP contribution < -0.4 is 0 Å². The van der Waals surface area contributed by atoms with Crippen molar-refractivity contribution >= 4 is 23.5 Å². The first-order chi connectivity index (χ1) is 16.6. The van der Waals surface area contributed by atoms with E-state index in [0.717, 1.165) is 63.4 Å². The van der Waals surface area contributed by atoms with Gasteiger partial charge >= 0.3 is 0 Å². The summed E-state index contributed by atoms with van der Waals surface area (Å²) in [4.78, 5) is 6.20. The number of aliphatic imine (C=N–C) groups is 1. The van der Waals surface area contributed by atoms with Crippen molar-refractivity contribution in [2.45, 2.75) is 54.5 Å². The summed E-state index contributed by atoms with van der Waals surface area (Å²) < 4.78 is 3.85. The van der Waals surface area contributed by atoms with Gasteiger partial charge < -0.3 is 5.11 Å². The number of aryl methyl sites for hydroxylation is 1. The summed E-state index contributed by atoms with van der Waals surface area (Å²) in [5.74, 6) is 0. The van der Waals surface area contributed by atoms with Crippen LogP contribution in [-0.4, -0.2) is 43.9 Å². The zero-order chi connectivity index (χ0) is 23.7. The molecule has 3 aromatic heterocycles. The minimum Gasteiger partial charge on any atom is -0.393 e. The first kappa shape index (κ1) is 22.4. The monoisotopic (exact) mass is 470 g/mol. The molecule has 1 fully saturated rings. The van der Waals surface area contributed by atoms with Crippen LogP contribution in [0.4, 0.5) is 0 Å². The lowest BCUT2D eigenvalue weighted by atomic mass is 9.93. The summed E-state index contributed by atoms with van der Waals surface area (Å²) in [5, 5.41) is 28.8. The molecule has 1 aliphatic rings. The molecule has 0 atom stereocenters. The van der Waals surface area contributed by atoms with Crippen LogP contribution >= 0.6 is 11.8 Å². The van der Waals surface area contributed by atoms with Crippen LogP contribution in [0.1, 0.15) is 48.5 Å². The van der Waals surface area contributed by atoms with Crippen molar-refractivity contribution in [2.24, 2.45) is 4.99 Å². The zero-order valence-corrected chi connectivity index (χ0v) is 20.0. The average molecular weight is 471 g/mol. The van der Waals surface area contributed by atoms with Crippen LogP contribution in [0.2, 0.25) is 0 Å². The third kappa shape index (κ3) is 4.25. The summed E-state index contributed by atoms with van der Waals surface area (Å²) in [6, 6.07) is 12.8. The van der Waals surface area contributed by atoms with E-state index < -0.39 is 0 Å². The number of pyridine rings is 1. The molecule has 172 valence electrons. The number of benzene rings is 1. The number of nitriles is 1. The molecule has 3 heterocycles. The van der Waals surface area contributed by atoms with Gasteiger partial charge in [-0.05, 0) is 44.7 Å². The van der Waals surface area contributed by atoms with Crippen molar-refractivity contribution in [1.29, 1.82) is 5.26 Å². The number of hydrogen-bond acceptors (Lipinski definition) is 6. The Morgan fingerprint density at radius 3 is 2.74 bits per heavy atom. The van der Waals surface area contributed by atoms with Crippen LogP contribution in [-0.2, 0) is 0 Å². The second-order valence-corrected chi connectivity index (χ2v) is 9.74. The fraction of sp³-hybridized carbons (Fsp3) is 0.308. The highest BCUT2D eigenvalue weighted by Crippen LogP contribution is 2.38. The van der Waals surface area contributed by atoms with Crippen molar-refractivity contribution < 1.29 is 5.11 Å². The van der Waals surface area contributed by atoms with Gasteiger partial charge in [0.25, 0.3) is 0 Å². The molecular formula is C26H26N6OS. The standard InChI is InChI=1S/C26H26N6OS/c1-17-23(16-31(30-17)21-7-9-22(33)10-8-21)19-11-25(26-20(12-27)14-29-32(26)15-19)34-24-6-4-3-5-18(24)13-28-2/h3-6,11,13-16,21-22,33H,7-10H2,1-2H3/b28-13-/t21-,22+. The van der Waals surface area contributed by atoms with Crippen molar-refractivity contribution in [2.75, 3.05) is 7.05 Å². The van der Waals surface area contributed by atoms with Crippen molar-refractivity contribution in [3.05, 3.63) is 65.7 Å². The molecular weight excluding hydrogens is 444 g/mol. The molecule has 0 amide bonds. The summed E-state index contributed by atoms with van der Waals surface area (Å²) >= 11 is 1.61. The van der Waals surface area contributed by atoms with Crippen molar-refractivity contribution in [1.82, 2.24) is 19.4 Å². The van der Waals surface area contributed by atoms with E-state index in [9.17, 15) is 10.4 Å². The fourth-order valence-corrected chi connectivity index (χ4v) is 5.71. The van der Waals surface area contributed by atoms with Gasteiger partial charge in [0.05, 0.1) is 35.1 Å². The number of hydrogen-bond donors (Lipinski definition) is 1. The van der Waals surface area contributed by atoms with E-state index >= 15 is 0 Å². The largest absolute Gasteiger partial charge is 0.393 e. The molecule has 4 aromatic rings.